The fourth-order valence-corrected chi connectivity index (χ4v) is 4.16. The van der Waals surface area contributed by atoms with Crippen molar-refractivity contribution in [1.82, 2.24) is 9.80 Å². The van der Waals surface area contributed by atoms with Gasteiger partial charge in [0.25, 0.3) is 0 Å². The summed E-state index contributed by atoms with van der Waals surface area (Å²) in [5.41, 5.74) is 5.50. The number of nitrogens with two attached hydrogens (primary N) is 1. The zero-order valence-corrected chi connectivity index (χ0v) is 17.1. The van der Waals surface area contributed by atoms with Crippen molar-refractivity contribution in [2.24, 2.45) is 17.6 Å². The molecule has 3 atom stereocenters. The van der Waals surface area contributed by atoms with Gasteiger partial charge in [0.1, 0.15) is 0 Å². The summed E-state index contributed by atoms with van der Waals surface area (Å²) in [6, 6.07) is 4.95. The Kier molecular flexibility index (Phi) is 7.56. The molecular formula is C20H27ClF3N3O2. The van der Waals surface area contributed by atoms with Crippen LogP contribution >= 0.6 is 12.4 Å². The van der Waals surface area contributed by atoms with E-state index in [0.717, 1.165) is 25.0 Å². The molecule has 5 nitrogen and oxygen atoms in total. The monoisotopic (exact) mass is 433 g/mol. The zero-order valence-electron chi connectivity index (χ0n) is 16.3. The van der Waals surface area contributed by atoms with Crippen molar-refractivity contribution in [3.63, 3.8) is 0 Å². The first kappa shape index (κ1) is 23.5. The van der Waals surface area contributed by atoms with Gasteiger partial charge in [-0.05, 0) is 36.5 Å². The molecule has 29 heavy (non-hydrogen) atoms. The number of likely N-dealkylation sites (tertiary alicyclic amines) is 2. The maximum atomic E-state index is 12.9. The molecule has 0 aliphatic carbocycles. The van der Waals surface area contributed by atoms with Crippen molar-refractivity contribution in [1.29, 1.82) is 0 Å². The van der Waals surface area contributed by atoms with Gasteiger partial charge in [0.15, 0.2) is 0 Å². The molecule has 162 valence electrons. The summed E-state index contributed by atoms with van der Waals surface area (Å²) in [5.74, 6) is -0.214. The lowest BCUT2D eigenvalue weighted by Gasteiger charge is -2.39. The van der Waals surface area contributed by atoms with E-state index in [0.29, 0.717) is 24.6 Å². The summed E-state index contributed by atoms with van der Waals surface area (Å²) in [5, 5.41) is 0. The number of nitrogens with zero attached hydrogens (tertiary/aromatic N) is 2. The van der Waals surface area contributed by atoms with Crippen LogP contribution in [0.1, 0.15) is 37.3 Å². The lowest BCUT2D eigenvalue weighted by atomic mass is 9.91. The summed E-state index contributed by atoms with van der Waals surface area (Å²) in [6.07, 6.45) is -2.55. The average molecular weight is 434 g/mol. The van der Waals surface area contributed by atoms with Crippen molar-refractivity contribution in [2.75, 3.05) is 19.6 Å². The van der Waals surface area contributed by atoms with Crippen LogP contribution in [0.25, 0.3) is 0 Å². The molecule has 2 heterocycles. The fraction of sp³-hybridized carbons (Fsp3) is 0.600. The largest absolute Gasteiger partial charge is 0.416 e. The SMILES string of the molecule is CC1CCN(C(=O)C2CC(=O)N(Cc3cccc(C(F)(F)F)c3)C2)C(CN)C1.Cl. The third-order valence-corrected chi connectivity index (χ3v) is 5.72. The van der Waals surface area contributed by atoms with Crippen LogP contribution in [0.4, 0.5) is 13.2 Å². The summed E-state index contributed by atoms with van der Waals surface area (Å²) >= 11 is 0. The molecule has 2 N–H and O–H groups in total. The predicted octanol–water partition coefficient (Wildman–Crippen LogP) is 3.06. The number of halogens is 4. The number of benzene rings is 1. The van der Waals surface area contributed by atoms with Crippen LogP contribution < -0.4 is 5.73 Å². The normalized spacial score (nSPS) is 25.1. The summed E-state index contributed by atoms with van der Waals surface area (Å²) in [7, 11) is 0. The van der Waals surface area contributed by atoms with Crippen LogP contribution in [0.15, 0.2) is 24.3 Å². The summed E-state index contributed by atoms with van der Waals surface area (Å²) in [6.45, 7) is 3.48. The van der Waals surface area contributed by atoms with Crippen LogP contribution in [0.5, 0.6) is 0 Å². The molecule has 2 aliphatic rings. The Morgan fingerprint density at radius 2 is 2.03 bits per heavy atom. The number of amides is 2. The third-order valence-electron chi connectivity index (χ3n) is 5.72. The van der Waals surface area contributed by atoms with Gasteiger partial charge in [-0.2, -0.15) is 13.2 Å². The molecular weight excluding hydrogens is 407 g/mol. The third kappa shape index (κ3) is 5.42. The number of hydrogen-bond donors (Lipinski definition) is 1. The second kappa shape index (κ2) is 9.34. The molecule has 2 saturated heterocycles. The lowest BCUT2D eigenvalue weighted by Crippen LogP contribution is -2.51. The first-order chi connectivity index (χ1) is 13.2. The van der Waals surface area contributed by atoms with E-state index in [1.807, 2.05) is 0 Å². The maximum Gasteiger partial charge on any atom is 0.416 e. The van der Waals surface area contributed by atoms with E-state index in [1.165, 1.54) is 11.0 Å². The highest BCUT2D eigenvalue weighted by molar-refractivity contribution is 5.89. The maximum absolute atomic E-state index is 12.9. The highest BCUT2D eigenvalue weighted by atomic mass is 35.5. The van der Waals surface area contributed by atoms with Crippen molar-refractivity contribution in [2.45, 2.75) is 44.9 Å². The number of piperidine rings is 1. The van der Waals surface area contributed by atoms with Gasteiger partial charge in [0.05, 0.1) is 11.5 Å². The first-order valence-corrected chi connectivity index (χ1v) is 9.63. The zero-order chi connectivity index (χ0) is 20.5. The summed E-state index contributed by atoms with van der Waals surface area (Å²) in [4.78, 5) is 28.6. The van der Waals surface area contributed by atoms with Gasteiger partial charge < -0.3 is 15.5 Å². The fourth-order valence-electron chi connectivity index (χ4n) is 4.16. The number of carbonyl (C=O) groups is 2. The van der Waals surface area contributed by atoms with Crippen molar-refractivity contribution >= 4 is 24.2 Å². The van der Waals surface area contributed by atoms with Crippen molar-refractivity contribution in [3.05, 3.63) is 35.4 Å². The Morgan fingerprint density at radius 1 is 1.31 bits per heavy atom. The Morgan fingerprint density at radius 3 is 2.69 bits per heavy atom. The van der Waals surface area contributed by atoms with E-state index >= 15 is 0 Å². The average Bonchev–Trinajstić information content (AvgIpc) is 3.01. The Hall–Kier alpha value is -1.80. The molecule has 3 unspecified atom stereocenters. The second-order valence-electron chi connectivity index (χ2n) is 7.92. The minimum absolute atomic E-state index is 0. The molecule has 0 radical (unpaired) electrons. The molecule has 0 spiro atoms. The minimum atomic E-state index is -4.42. The molecule has 3 rings (SSSR count). The van der Waals surface area contributed by atoms with Gasteiger partial charge in [-0.1, -0.05) is 19.1 Å². The lowest BCUT2D eigenvalue weighted by molar-refractivity contribution is -0.140. The number of rotatable bonds is 4. The van der Waals surface area contributed by atoms with Gasteiger partial charge >= 0.3 is 6.18 Å². The molecule has 0 bridgehead atoms. The number of carbonyl (C=O) groups excluding carboxylic acids is 2. The van der Waals surface area contributed by atoms with Crippen LogP contribution in [0.3, 0.4) is 0 Å². The number of hydrogen-bond acceptors (Lipinski definition) is 3. The van der Waals surface area contributed by atoms with Crippen LogP contribution in [0, 0.1) is 11.8 Å². The van der Waals surface area contributed by atoms with Crippen molar-refractivity contribution < 1.29 is 22.8 Å². The summed E-state index contributed by atoms with van der Waals surface area (Å²) < 4.78 is 38.7. The van der Waals surface area contributed by atoms with Gasteiger partial charge in [-0.25, -0.2) is 0 Å². The first-order valence-electron chi connectivity index (χ1n) is 9.63. The predicted molar refractivity (Wildman–Crippen MR) is 105 cm³/mol. The Balaban J connectivity index is 0.00000300. The molecule has 2 aliphatic heterocycles. The van der Waals surface area contributed by atoms with E-state index in [9.17, 15) is 22.8 Å². The second-order valence-corrected chi connectivity index (χ2v) is 7.92. The highest BCUT2D eigenvalue weighted by Gasteiger charge is 2.39. The smallest absolute Gasteiger partial charge is 0.338 e. The van der Waals surface area contributed by atoms with Gasteiger partial charge in [0, 0.05) is 38.6 Å². The quantitative estimate of drug-likeness (QED) is 0.793. The molecule has 2 amide bonds. The van der Waals surface area contributed by atoms with E-state index < -0.39 is 17.7 Å². The molecule has 2 fully saturated rings. The van der Waals surface area contributed by atoms with Crippen LogP contribution in [-0.4, -0.2) is 47.3 Å². The van der Waals surface area contributed by atoms with Gasteiger partial charge in [0.2, 0.25) is 11.8 Å². The molecule has 0 saturated carbocycles. The van der Waals surface area contributed by atoms with Gasteiger partial charge in [-0.15, -0.1) is 12.4 Å². The standard InChI is InChI=1S/C20H26F3N3O2.ClH/c1-13-5-6-26(17(7-13)10-24)19(28)15-9-18(27)25(12-15)11-14-3-2-4-16(8-14)20(21,22)23;/h2-4,8,13,15,17H,5-7,9-12,24H2,1H3;1H. The number of alkyl halides is 3. The Bertz CT molecular complexity index is 744. The van der Waals surface area contributed by atoms with E-state index in [2.05, 4.69) is 6.92 Å². The molecule has 1 aromatic carbocycles. The molecule has 0 aromatic heterocycles. The topological polar surface area (TPSA) is 66.6 Å². The molecule has 9 heteroatoms. The van der Waals surface area contributed by atoms with Crippen LogP contribution in [-0.2, 0) is 22.3 Å². The van der Waals surface area contributed by atoms with E-state index in [4.69, 9.17) is 5.73 Å². The highest BCUT2D eigenvalue weighted by Crippen LogP contribution is 2.31. The minimum Gasteiger partial charge on any atom is -0.338 e. The van der Waals surface area contributed by atoms with Crippen LogP contribution in [0.2, 0.25) is 0 Å². The van der Waals surface area contributed by atoms with Crippen molar-refractivity contribution in [3.8, 4) is 0 Å². The Labute approximate surface area is 174 Å². The molecule has 1 aromatic rings. The van der Waals surface area contributed by atoms with E-state index in [-0.39, 0.29) is 49.8 Å². The van der Waals surface area contributed by atoms with Gasteiger partial charge in [-0.3, -0.25) is 9.59 Å². The van der Waals surface area contributed by atoms with E-state index in [1.54, 1.807) is 11.0 Å².